The fourth-order valence-corrected chi connectivity index (χ4v) is 8.99. The molecule has 0 unspecified atom stereocenters. The Morgan fingerprint density at radius 3 is 2.65 bits per heavy atom. The lowest BCUT2D eigenvalue weighted by Crippen LogP contribution is -2.48. The number of hydrogen-bond acceptors (Lipinski definition) is 2. The summed E-state index contributed by atoms with van der Waals surface area (Å²) in [5, 5.41) is 3.65. The van der Waals surface area contributed by atoms with Crippen molar-refractivity contribution in [2.75, 3.05) is 5.32 Å². The Balaban J connectivity index is 1.25. The first-order valence-electron chi connectivity index (χ1n) is 13.5. The summed E-state index contributed by atoms with van der Waals surface area (Å²) in [5.41, 5.74) is 2.84. The highest BCUT2D eigenvalue weighted by atomic mass is 14.9. The summed E-state index contributed by atoms with van der Waals surface area (Å²) in [4.78, 5) is 4.16. The van der Waals surface area contributed by atoms with Gasteiger partial charge in [-0.05, 0) is 104 Å². The molecule has 31 heavy (non-hydrogen) atoms. The predicted octanol–water partition coefficient (Wildman–Crippen LogP) is 8.08. The van der Waals surface area contributed by atoms with Gasteiger partial charge >= 0.3 is 0 Å². The molecule has 2 heteroatoms. The molecule has 2 nitrogen and oxygen atoms in total. The quantitative estimate of drug-likeness (QED) is 0.503. The van der Waals surface area contributed by atoms with E-state index in [1.54, 1.807) is 12.8 Å². The van der Waals surface area contributed by atoms with Crippen LogP contribution in [0.4, 0.5) is 5.69 Å². The molecule has 0 aliphatic heterocycles. The van der Waals surface area contributed by atoms with Gasteiger partial charge in [-0.15, -0.1) is 0 Å². The smallest absolute Gasteiger partial charge is 0.0412 e. The maximum absolute atomic E-state index is 4.54. The van der Waals surface area contributed by atoms with Gasteiger partial charge < -0.3 is 5.32 Å². The fourth-order valence-electron chi connectivity index (χ4n) is 8.99. The van der Waals surface area contributed by atoms with E-state index < -0.39 is 0 Å². The van der Waals surface area contributed by atoms with Gasteiger partial charge in [0.2, 0.25) is 0 Å². The summed E-state index contributed by atoms with van der Waals surface area (Å²) < 4.78 is 0. The normalized spacial score (nSPS) is 41.7. The molecule has 0 radical (unpaired) electrons. The minimum Gasteiger partial charge on any atom is -0.359 e. The summed E-state index contributed by atoms with van der Waals surface area (Å²) in [6.07, 6.45) is 21.4. The maximum atomic E-state index is 4.54. The van der Waals surface area contributed by atoms with E-state index in [9.17, 15) is 0 Å². The van der Waals surface area contributed by atoms with Crippen LogP contribution in [0.3, 0.4) is 0 Å². The summed E-state index contributed by atoms with van der Waals surface area (Å²) in [7, 11) is 0. The third-order valence-corrected chi connectivity index (χ3v) is 10.4. The van der Waals surface area contributed by atoms with E-state index in [0.717, 1.165) is 41.2 Å². The number of fused-ring (bicyclic) bond motifs is 5. The molecule has 4 fully saturated rings. The number of nitrogens with zero attached hydrogens (tertiary/aromatic N) is 1. The summed E-state index contributed by atoms with van der Waals surface area (Å²) in [6.45, 7) is 9.52. The zero-order valence-electron chi connectivity index (χ0n) is 20.0. The Kier molecular flexibility index (Phi) is 6.19. The molecule has 1 N–H and O–H groups in total. The van der Waals surface area contributed by atoms with Crippen LogP contribution >= 0.6 is 0 Å². The molecule has 4 aliphatic rings. The van der Waals surface area contributed by atoms with Crippen molar-refractivity contribution in [3.05, 3.63) is 36.8 Å². The minimum absolute atomic E-state index is 0.448. The number of rotatable bonds is 6. The van der Waals surface area contributed by atoms with E-state index in [1.165, 1.54) is 69.9 Å². The average Bonchev–Trinajstić information content (AvgIpc) is 3.15. The van der Waals surface area contributed by atoms with E-state index in [0.29, 0.717) is 11.3 Å². The highest BCUT2D eigenvalue weighted by Gasteiger charge is 2.57. The monoisotopic (exact) mass is 420 g/mol. The van der Waals surface area contributed by atoms with Gasteiger partial charge in [0.05, 0.1) is 0 Å². The van der Waals surface area contributed by atoms with E-state index in [-0.39, 0.29) is 0 Å². The highest BCUT2D eigenvalue weighted by molar-refractivity contribution is 5.47. The summed E-state index contributed by atoms with van der Waals surface area (Å²) >= 11 is 0. The van der Waals surface area contributed by atoms with Crippen LogP contribution in [0.25, 0.3) is 0 Å². The van der Waals surface area contributed by atoms with Crippen molar-refractivity contribution in [1.29, 1.82) is 0 Å². The minimum atomic E-state index is 0.448. The van der Waals surface area contributed by atoms with Gasteiger partial charge in [0.25, 0.3) is 0 Å². The van der Waals surface area contributed by atoms with Crippen LogP contribution in [0.2, 0.25) is 0 Å². The number of pyridine rings is 1. The largest absolute Gasteiger partial charge is 0.359 e. The molecule has 1 heterocycles. The van der Waals surface area contributed by atoms with Crippen molar-refractivity contribution in [2.45, 2.75) is 90.9 Å². The van der Waals surface area contributed by atoms with Crippen LogP contribution in [0, 0.1) is 46.8 Å². The second kappa shape index (κ2) is 8.91. The lowest BCUT2D eigenvalue weighted by atomic mass is 9.49. The number of hydrogen-bond donors (Lipinski definition) is 1. The van der Waals surface area contributed by atoms with Gasteiger partial charge in [0.15, 0.2) is 0 Å². The zero-order valence-corrected chi connectivity index (χ0v) is 20.0. The maximum Gasteiger partial charge on any atom is 0.0412 e. The Bertz CT molecular complexity index is 757. The van der Waals surface area contributed by atoms with E-state index in [1.807, 2.05) is 12.4 Å². The molecule has 4 aliphatic carbocycles. The Morgan fingerprint density at radius 2 is 1.84 bits per heavy atom. The summed E-state index contributed by atoms with van der Waals surface area (Å²) in [5.74, 6) is 6.72. The zero-order chi connectivity index (χ0) is 21.4. The van der Waals surface area contributed by atoms with Crippen molar-refractivity contribution < 1.29 is 0 Å². The van der Waals surface area contributed by atoms with Gasteiger partial charge in [-0.3, -0.25) is 4.98 Å². The number of unbranched alkanes of at least 4 members (excludes halogenated alkanes) is 1. The lowest BCUT2D eigenvalue weighted by Gasteiger charge is -2.56. The van der Waals surface area contributed by atoms with Crippen LogP contribution < -0.4 is 5.32 Å². The van der Waals surface area contributed by atoms with Crippen molar-refractivity contribution in [1.82, 2.24) is 4.98 Å². The first kappa shape index (κ1) is 21.5. The van der Waals surface area contributed by atoms with Crippen molar-refractivity contribution >= 4 is 5.69 Å². The van der Waals surface area contributed by atoms with Gasteiger partial charge in [0.1, 0.15) is 0 Å². The van der Waals surface area contributed by atoms with Crippen LogP contribution in [0.5, 0.6) is 0 Å². The summed E-state index contributed by atoms with van der Waals surface area (Å²) in [6, 6.07) is 4.13. The molecular weight excluding hydrogens is 376 g/mol. The molecule has 4 saturated carbocycles. The SMILES string of the molecule is C=C(Nc1ccncc1)[C@H]1CC[C@H]2[C@@H]3CC[C@@H]4C[C@@H](CCCC)CC[C@@H]4[C@H]3CC[C@]12C. The van der Waals surface area contributed by atoms with Crippen LogP contribution in [-0.4, -0.2) is 4.98 Å². The fraction of sp³-hybridized carbons (Fsp3) is 0.759. The molecule has 0 saturated heterocycles. The molecule has 1 aromatic heterocycles. The number of nitrogens with one attached hydrogen (secondary N) is 1. The van der Waals surface area contributed by atoms with E-state index in [2.05, 4.69) is 42.9 Å². The van der Waals surface area contributed by atoms with Crippen molar-refractivity contribution in [2.24, 2.45) is 46.8 Å². The highest BCUT2D eigenvalue weighted by Crippen LogP contribution is 2.65. The topological polar surface area (TPSA) is 24.9 Å². The molecule has 0 bridgehead atoms. The molecule has 170 valence electrons. The van der Waals surface area contributed by atoms with E-state index >= 15 is 0 Å². The molecule has 5 rings (SSSR count). The standard InChI is InChI=1S/C29H44N2/c1-4-5-6-21-7-9-24-22(19-21)8-10-26-25(24)13-16-29(3)27(11-12-28(26)29)20(2)31-23-14-17-30-18-15-23/h14-15,17-18,21-22,24-28H,2,4-13,16,19H2,1,3H3,(H,30,31)/t21-,22+,24-,25+,26+,27+,28-,29+/m0/s1. The first-order chi connectivity index (χ1) is 15.1. The van der Waals surface area contributed by atoms with Crippen LogP contribution in [0.1, 0.15) is 90.9 Å². The second-order valence-electron chi connectivity index (χ2n) is 11.8. The number of aromatic nitrogens is 1. The third-order valence-electron chi connectivity index (χ3n) is 10.4. The Morgan fingerprint density at radius 1 is 1.03 bits per heavy atom. The van der Waals surface area contributed by atoms with Crippen molar-refractivity contribution in [3.8, 4) is 0 Å². The molecule has 8 atom stereocenters. The third kappa shape index (κ3) is 3.98. The van der Waals surface area contributed by atoms with Crippen LogP contribution in [0.15, 0.2) is 36.8 Å². The first-order valence-corrected chi connectivity index (χ1v) is 13.5. The molecule has 0 spiro atoms. The second-order valence-corrected chi connectivity index (χ2v) is 11.8. The molecular formula is C29H44N2. The lowest BCUT2D eigenvalue weighted by molar-refractivity contribution is -0.0647. The molecule has 0 amide bonds. The average molecular weight is 421 g/mol. The molecule has 0 aromatic carbocycles. The molecule has 1 aromatic rings. The van der Waals surface area contributed by atoms with Gasteiger partial charge in [-0.2, -0.15) is 0 Å². The van der Waals surface area contributed by atoms with E-state index in [4.69, 9.17) is 0 Å². The van der Waals surface area contributed by atoms with Gasteiger partial charge in [-0.25, -0.2) is 0 Å². The van der Waals surface area contributed by atoms with Crippen LogP contribution in [-0.2, 0) is 0 Å². The number of allylic oxidation sites excluding steroid dienone is 1. The van der Waals surface area contributed by atoms with Gasteiger partial charge in [-0.1, -0.05) is 46.1 Å². The Hall–Kier alpha value is -1.31. The van der Waals surface area contributed by atoms with Gasteiger partial charge in [0, 0.05) is 29.7 Å². The Labute approximate surface area is 190 Å². The van der Waals surface area contributed by atoms with Crippen molar-refractivity contribution in [3.63, 3.8) is 0 Å². The number of anilines is 1. The predicted molar refractivity (Wildman–Crippen MR) is 131 cm³/mol.